The molecular weight excluding hydrogens is 467 g/mol. The predicted molar refractivity (Wildman–Crippen MR) is 151 cm³/mol. The largest absolute Gasteiger partial charge is 0.469 e. The Morgan fingerprint density at radius 3 is 1.47 bits per heavy atom. The topological polar surface area (TPSA) is 55.3 Å². The van der Waals surface area contributed by atoms with Crippen molar-refractivity contribution in [1.29, 1.82) is 0 Å². The first-order valence-corrected chi connectivity index (χ1v) is 24.5. The van der Waals surface area contributed by atoms with E-state index in [1.165, 1.54) is 0 Å². The first-order valence-electron chi connectivity index (χ1n) is 12.4. The second kappa shape index (κ2) is 12.6. The zero-order valence-corrected chi connectivity index (χ0v) is 28.0. The standard InChI is InChI=1S/C22H55N3O3Si4/c1-16-25(22(23-19(2)3)24-20(4)5)17-21(6)18-32(26-29(7,8)9,27-30(10,11)12)28-31(13,14)15/h19-21H,16-18H2,1-15H3,(H,23,24). The van der Waals surface area contributed by atoms with Gasteiger partial charge in [0.2, 0.25) is 0 Å². The molecule has 0 fully saturated rings. The van der Waals surface area contributed by atoms with Gasteiger partial charge in [-0.1, -0.05) is 6.92 Å². The molecule has 32 heavy (non-hydrogen) atoms. The first-order chi connectivity index (χ1) is 14.2. The minimum absolute atomic E-state index is 0.245. The van der Waals surface area contributed by atoms with Gasteiger partial charge < -0.3 is 22.6 Å². The summed E-state index contributed by atoms with van der Waals surface area (Å²) in [7, 11) is -8.44. The summed E-state index contributed by atoms with van der Waals surface area (Å²) in [6, 6.07) is 1.43. The van der Waals surface area contributed by atoms with Crippen LogP contribution < -0.4 is 5.32 Å². The molecule has 0 amide bonds. The van der Waals surface area contributed by atoms with Gasteiger partial charge >= 0.3 is 8.80 Å². The second-order valence-corrected chi connectivity index (χ2v) is 29.4. The minimum Gasteiger partial charge on any atom is -0.417 e. The van der Waals surface area contributed by atoms with Gasteiger partial charge in [-0.15, -0.1) is 0 Å². The van der Waals surface area contributed by atoms with Crippen LogP contribution in [0.25, 0.3) is 0 Å². The van der Waals surface area contributed by atoms with E-state index in [2.05, 4.69) is 111 Å². The average molecular weight is 522 g/mol. The van der Waals surface area contributed by atoms with Crippen LogP contribution >= 0.6 is 0 Å². The Balaban J connectivity index is 5.98. The molecule has 1 N–H and O–H groups in total. The van der Waals surface area contributed by atoms with Crippen LogP contribution in [0, 0.1) is 5.92 Å². The molecule has 6 nitrogen and oxygen atoms in total. The molecule has 0 aliphatic rings. The molecule has 0 saturated carbocycles. The Labute approximate surface area is 204 Å². The quantitative estimate of drug-likeness (QED) is 0.178. The van der Waals surface area contributed by atoms with Gasteiger partial charge in [-0.05, 0) is 99.5 Å². The molecule has 1 atom stereocenters. The van der Waals surface area contributed by atoms with Crippen LogP contribution in [0.2, 0.25) is 65.0 Å². The first kappa shape index (κ1) is 32.0. The highest BCUT2D eigenvalue weighted by Gasteiger charge is 2.50. The summed E-state index contributed by atoms with van der Waals surface area (Å²) in [5, 5.41) is 3.56. The Hall–Kier alpha value is 0.0175. The highest BCUT2D eigenvalue weighted by molar-refractivity contribution is 6.90. The van der Waals surface area contributed by atoms with Gasteiger partial charge in [0, 0.05) is 31.2 Å². The van der Waals surface area contributed by atoms with Gasteiger partial charge in [0.05, 0.1) is 0 Å². The highest BCUT2D eigenvalue weighted by Crippen LogP contribution is 2.31. The van der Waals surface area contributed by atoms with Crippen LogP contribution in [-0.4, -0.2) is 69.8 Å². The van der Waals surface area contributed by atoms with E-state index in [-0.39, 0.29) is 6.04 Å². The molecule has 0 bridgehead atoms. The Bertz CT molecular complexity index is 542. The number of nitrogens with zero attached hydrogens (tertiary/aromatic N) is 2. The Morgan fingerprint density at radius 1 is 0.781 bits per heavy atom. The van der Waals surface area contributed by atoms with Gasteiger partial charge in [0.1, 0.15) is 0 Å². The van der Waals surface area contributed by atoms with E-state index in [1.54, 1.807) is 0 Å². The van der Waals surface area contributed by atoms with Crippen molar-refractivity contribution in [2.75, 3.05) is 13.1 Å². The van der Waals surface area contributed by atoms with E-state index in [4.69, 9.17) is 17.3 Å². The van der Waals surface area contributed by atoms with Crippen molar-refractivity contribution in [1.82, 2.24) is 10.2 Å². The van der Waals surface area contributed by atoms with Crippen molar-refractivity contribution in [3.05, 3.63) is 0 Å². The van der Waals surface area contributed by atoms with Crippen molar-refractivity contribution in [3.8, 4) is 0 Å². The lowest BCUT2D eigenvalue weighted by Crippen LogP contribution is -2.61. The molecule has 0 heterocycles. The zero-order valence-electron chi connectivity index (χ0n) is 24.0. The van der Waals surface area contributed by atoms with Crippen molar-refractivity contribution in [2.45, 2.75) is 119 Å². The van der Waals surface area contributed by atoms with E-state index in [0.717, 1.165) is 25.1 Å². The lowest BCUT2D eigenvalue weighted by Gasteiger charge is -2.44. The molecule has 0 spiro atoms. The maximum atomic E-state index is 6.89. The molecule has 0 aromatic carbocycles. The smallest absolute Gasteiger partial charge is 0.417 e. The average Bonchev–Trinajstić information content (AvgIpc) is 2.44. The monoisotopic (exact) mass is 521 g/mol. The molecule has 0 aliphatic heterocycles. The summed E-state index contributed by atoms with van der Waals surface area (Å²) in [4.78, 5) is 7.25. The van der Waals surface area contributed by atoms with E-state index < -0.39 is 33.8 Å². The molecule has 192 valence electrons. The van der Waals surface area contributed by atoms with Gasteiger partial charge in [0.15, 0.2) is 30.9 Å². The fourth-order valence-electron chi connectivity index (χ4n) is 3.53. The van der Waals surface area contributed by atoms with E-state index >= 15 is 0 Å². The molecule has 0 aromatic heterocycles. The third-order valence-electron chi connectivity index (χ3n) is 4.00. The summed E-state index contributed by atoms with van der Waals surface area (Å²) in [5.41, 5.74) is 0. The van der Waals surface area contributed by atoms with Crippen molar-refractivity contribution in [2.24, 2.45) is 10.9 Å². The molecular formula is C22H55N3O3Si4. The van der Waals surface area contributed by atoms with Crippen LogP contribution in [0.15, 0.2) is 4.99 Å². The number of guanidine groups is 1. The third-order valence-corrected chi connectivity index (χ3v) is 16.3. The third kappa shape index (κ3) is 15.0. The minimum atomic E-state index is -2.85. The van der Waals surface area contributed by atoms with Crippen molar-refractivity contribution >= 4 is 39.7 Å². The predicted octanol–water partition coefficient (Wildman–Crippen LogP) is 6.20. The fourth-order valence-corrected chi connectivity index (χ4v) is 18.3. The van der Waals surface area contributed by atoms with Gasteiger partial charge in [-0.2, -0.15) is 0 Å². The lowest BCUT2D eigenvalue weighted by atomic mass is 10.2. The summed E-state index contributed by atoms with van der Waals surface area (Å²) >= 11 is 0. The van der Waals surface area contributed by atoms with E-state index in [0.29, 0.717) is 12.0 Å². The number of hydrogen-bond acceptors (Lipinski definition) is 4. The van der Waals surface area contributed by atoms with Crippen LogP contribution in [0.5, 0.6) is 0 Å². The maximum Gasteiger partial charge on any atom is 0.469 e. The molecule has 0 radical (unpaired) electrons. The van der Waals surface area contributed by atoms with Gasteiger partial charge in [-0.25, -0.2) is 0 Å². The Morgan fingerprint density at radius 2 is 1.19 bits per heavy atom. The maximum absolute atomic E-state index is 6.89. The van der Waals surface area contributed by atoms with E-state index in [9.17, 15) is 0 Å². The molecule has 1 unspecified atom stereocenters. The second-order valence-electron chi connectivity index (χ2n) is 12.5. The SMILES string of the molecule is CCN(CC(C)C[Si](O[Si](C)(C)C)(O[Si](C)(C)C)O[Si](C)(C)C)C(=NC(C)C)NC(C)C. The van der Waals surface area contributed by atoms with Crippen LogP contribution in [0.3, 0.4) is 0 Å². The number of nitrogens with one attached hydrogen (secondary N) is 1. The fraction of sp³-hybridized carbons (Fsp3) is 0.955. The molecule has 0 aliphatic carbocycles. The summed E-state index contributed by atoms with van der Waals surface area (Å²) in [6.45, 7) is 35.1. The Kier molecular flexibility index (Phi) is 12.6. The van der Waals surface area contributed by atoms with Crippen LogP contribution in [-0.2, 0) is 12.3 Å². The number of rotatable bonds is 13. The normalized spacial score (nSPS) is 15.5. The number of hydrogen-bond donors (Lipinski definition) is 1. The van der Waals surface area contributed by atoms with Gasteiger partial charge in [0.25, 0.3) is 0 Å². The number of aliphatic imine (C=N–C) groups is 1. The van der Waals surface area contributed by atoms with Crippen LogP contribution in [0.4, 0.5) is 0 Å². The van der Waals surface area contributed by atoms with Crippen molar-refractivity contribution in [3.63, 3.8) is 0 Å². The summed E-state index contributed by atoms with van der Waals surface area (Å²) in [5.74, 6) is 1.34. The molecule has 10 heteroatoms. The lowest BCUT2D eigenvalue weighted by molar-refractivity contribution is 0.236. The van der Waals surface area contributed by atoms with Gasteiger partial charge in [-0.3, -0.25) is 4.99 Å². The van der Waals surface area contributed by atoms with E-state index in [1.807, 2.05) is 0 Å². The molecule has 0 aromatic rings. The molecule has 0 saturated heterocycles. The highest BCUT2D eigenvalue weighted by atomic mass is 28.5. The summed E-state index contributed by atoms with van der Waals surface area (Å²) < 4.78 is 20.7. The zero-order chi connectivity index (χ0) is 25.5. The molecule has 0 rings (SSSR count). The summed E-state index contributed by atoms with van der Waals surface area (Å²) in [6.07, 6.45) is 0. The van der Waals surface area contributed by atoms with Crippen molar-refractivity contribution < 1.29 is 12.3 Å². The van der Waals surface area contributed by atoms with Crippen LogP contribution in [0.1, 0.15) is 41.5 Å².